The van der Waals surface area contributed by atoms with Gasteiger partial charge in [0.2, 0.25) is 0 Å². The van der Waals surface area contributed by atoms with Crippen LogP contribution in [0.15, 0.2) is 28.8 Å². The van der Waals surface area contributed by atoms with Crippen molar-refractivity contribution in [3.05, 3.63) is 35.8 Å². The van der Waals surface area contributed by atoms with Gasteiger partial charge in [-0.15, -0.1) is 0 Å². The molecule has 114 valence electrons. The van der Waals surface area contributed by atoms with Crippen molar-refractivity contribution in [1.82, 2.24) is 10.1 Å². The van der Waals surface area contributed by atoms with Crippen molar-refractivity contribution in [2.75, 3.05) is 12.8 Å². The molecule has 3 aromatic rings. The molecule has 5 nitrogen and oxygen atoms in total. The Balaban J connectivity index is 2.20. The molecule has 6 heteroatoms. The maximum absolute atomic E-state index is 14.4. The van der Waals surface area contributed by atoms with Crippen molar-refractivity contribution in [2.45, 2.75) is 19.8 Å². The third-order valence-corrected chi connectivity index (χ3v) is 3.50. The third kappa shape index (κ3) is 2.26. The molecule has 0 saturated heterocycles. The number of benzene rings is 1. The van der Waals surface area contributed by atoms with Crippen LogP contribution < -0.4 is 10.5 Å². The molecule has 0 aliphatic rings. The van der Waals surface area contributed by atoms with Crippen molar-refractivity contribution < 1.29 is 13.7 Å². The van der Waals surface area contributed by atoms with Crippen LogP contribution in [0.3, 0.4) is 0 Å². The lowest BCUT2D eigenvalue weighted by Gasteiger charge is -2.08. The van der Waals surface area contributed by atoms with Crippen LogP contribution in [0.1, 0.15) is 25.5 Å². The molecule has 2 N–H and O–H groups in total. The minimum atomic E-state index is -0.541. The minimum Gasteiger partial charge on any atom is -0.494 e. The fraction of sp³-hybridized carbons (Fsp3) is 0.250. The molecule has 2 aromatic heterocycles. The Kier molecular flexibility index (Phi) is 3.44. The fourth-order valence-corrected chi connectivity index (χ4v) is 2.24. The first-order chi connectivity index (χ1) is 10.5. The van der Waals surface area contributed by atoms with Crippen molar-refractivity contribution in [3.8, 4) is 17.1 Å². The topological polar surface area (TPSA) is 74.2 Å². The highest BCUT2D eigenvalue weighted by Crippen LogP contribution is 2.32. The van der Waals surface area contributed by atoms with Crippen molar-refractivity contribution >= 4 is 16.6 Å². The Morgan fingerprint density at radius 2 is 2.00 bits per heavy atom. The van der Waals surface area contributed by atoms with E-state index in [4.69, 9.17) is 15.0 Å². The van der Waals surface area contributed by atoms with Gasteiger partial charge in [0.15, 0.2) is 11.6 Å². The van der Waals surface area contributed by atoms with E-state index in [1.165, 1.54) is 13.2 Å². The number of rotatable bonds is 3. The number of halogens is 1. The second kappa shape index (κ2) is 5.29. The number of nitrogens with two attached hydrogens (primary N) is 1. The van der Waals surface area contributed by atoms with Crippen molar-refractivity contribution in [3.63, 3.8) is 0 Å². The number of hydrogen-bond acceptors (Lipinski definition) is 5. The summed E-state index contributed by atoms with van der Waals surface area (Å²) < 4.78 is 24.6. The van der Waals surface area contributed by atoms with E-state index in [2.05, 4.69) is 10.1 Å². The summed E-state index contributed by atoms with van der Waals surface area (Å²) in [6, 6.07) is 6.67. The van der Waals surface area contributed by atoms with Crippen LogP contribution in [0.4, 0.5) is 10.1 Å². The van der Waals surface area contributed by atoms with Crippen molar-refractivity contribution in [2.24, 2.45) is 0 Å². The number of pyridine rings is 1. The van der Waals surface area contributed by atoms with Gasteiger partial charge in [0.25, 0.3) is 0 Å². The lowest BCUT2D eigenvalue weighted by Crippen LogP contribution is -1.97. The van der Waals surface area contributed by atoms with Gasteiger partial charge >= 0.3 is 0 Å². The molecule has 0 unspecified atom stereocenters. The van der Waals surface area contributed by atoms with Gasteiger partial charge < -0.3 is 15.0 Å². The second-order valence-corrected chi connectivity index (χ2v) is 5.34. The van der Waals surface area contributed by atoms with E-state index >= 15 is 0 Å². The number of fused-ring (bicyclic) bond motifs is 1. The van der Waals surface area contributed by atoms with E-state index in [1.807, 2.05) is 13.8 Å². The summed E-state index contributed by atoms with van der Waals surface area (Å²) in [7, 11) is 1.41. The summed E-state index contributed by atoms with van der Waals surface area (Å²) in [5, 5.41) is 4.52. The van der Waals surface area contributed by atoms with Gasteiger partial charge in [-0.05, 0) is 18.2 Å². The number of nitrogen functional groups attached to an aromatic ring is 1. The zero-order chi connectivity index (χ0) is 15.9. The standard InChI is InChI=1S/C16H16FN3O2/c1-8(2)14-7-12(20-22-14)11-6-10(18)9-4-5-13(21-3)15(17)16(9)19-11/h4-8H,1-3H3,(H2,18,19). The monoisotopic (exact) mass is 301 g/mol. The molecular weight excluding hydrogens is 285 g/mol. The molecule has 3 rings (SSSR count). The van der Waals surface area contributed by atoms with Gasteiger partial charge in [0.05, 0.1) is 12.8 Å². The van der Waals surface area contributed by atoms with Gasteiger partial charge in [-0.2, -0.15) is 0 Å². The van der Waals surface area contributed by atoms with Crippen LogP contribution in [0.25, 0.3) is 22.3 Å². The Labute approximate surface area is 126 Å². The minimum absolute atomic E-state index is 0.125. The van der Waals surface area contributed by atoms with Gasteiger partial charge in [0.1, 0.15) is 17.0 Å². The first kappa shape index (κ1) is 14.3. The van der Waals surface area contributed by atoms with Crippen LogP contribution in [0.2, 0.25) is 0 Å². The lowest BCUT2D eigenvalue weighted by atomic mass is 10.1. The zero-order valence-corrected chi connectivity index (χ0v) is 12.6. The predicted octanol–water partition coefficient (Wildman–Crippen LogP) is 3.74. The summed E-state index contributed by atoms with van der Waals surface area (Å²) in [5.41, 5.74) is 7.59. The smallest absolute Gasteiger partial charge is 0.191 e. The molecule has 1 aromatic carbocycles. The highest BCUT2D eigenvalue weighted by molar-refractivity contribution is 5.93. The predicted molar refractivity (Wildman–Crippen MR) is 82.3 cm³/mol. The maximum Gasteiger partial charge on any atom is 0.191 e. The van der Waals surface area contributed by atoms with Crippen LogP contribution in [-0.2, 0) is 0 Å². The molecule has 0 spiro atoms. The van der Waals surface area contributed by atoms with E-state index in [-0.39, 0.29) is 17.2 Å². The zero-order valence-electron chi connectivity index (χ0n) is 12.6. The molecule has 0 aliphatic carbocycles. The third-order valence-electron chi connectivity index (χ3n) is 3.50. The largest absolute Gasteiger partial charge is 0.494 e. The Bertz CT molecular complexity index is 843. The quantitative estimate of drug-likeness (QED) is 0.797. The summed E-state index contributed by atoms with van der Waals surface area (Å²) >= 11 is 0. The highest BCUT2D eigenvalue weighted by Gasteiger charge is 2.16. The summed E-state index contributed by atoms with van der Waals surface area (Å²) in [6.45, 7) is 3.99. The highest BCUT2D eigenvalue weighted by atomic mass is 19.1. The lowest BCUT2D eigenvalue weighted by molar-refractivity contribution is 0.373. The molecule has 0 amide bonds. The van der Waals surface area contributed by atoms with E-state index in [0.717, 1.165) is 5.76 Å². The summed E-state index contributed by atoms with van der Waals surface area (Å²) in [6.07, 6.45) is 0. The van der Waals surface area contributed by atoms with E-state index in [1.54, 1.807) is 18.2 Å². The molecule has 0 aliphatic heterocycles. The SMILES string of the molecule is COc1ccc2c(N)cc(-c3cc(C(C)C)on3)nc2c1F. The summed E-state index contributed by atoms with van der Waals surface area (Å²) in [5.74, 6) is 0.526. The van der Waals surface area contributed by atoms with Gasteiger partial charge in [-0.1, -0.05) is 19.0 Å². The number of nitrogens with zero attached hydrogens (tertiary/aromatic N) is 2. The Morgan fingerprint density at radius 3 is 2.64 bits per heavy atom. The molecular formula is C16H16FN3O2. The second-order valence-electron chi connectivity index (χ2n) is 5.34. The van der Waals surface area contributed by atoms with Gasteiger partial charge in [-0.3, -0.25) is 0 Å². The van der Waals surface area contributed by atoms with Crippen LogP contribution in [-0.4, -0.2) is 17.3 Å². The molecule has 0 atom stereocenters. The molecule has 2 heterocycles. The number of methoxy groups -OCH3 is 1. The molecule has 0 fully saturated rings. The molecule has 0 bridgehead atoms. The fourth-order valence-electron chi connectivity index (χ4n) is 2.24. The first-order valence-electron chi connectivity index (χ1n) is 6.91. The van der Waals surface area contributed by atoms with E-state index < -0.39 is 5.82 Å². The van der Waals surface area contributed by atoms with Crippen LogP contribution >= 0.6 is 0 Å². The molecule has 22 heavy (non-hydrogen) atoms. The number of ether oxygens (including phenoxy) is 1. The number of anilines is 1. The number of aromatic nitrogens is 2. The van der Waals surface area contributed by atoms with Crippen molar-refractivity contribution in [1.29, 1.82) is 0 Å². The number of hydrogen-bond donors (Lipinski definition) is 1. The summed E-state index contributed by atoms with van der Waals surface area (Å²) in [4.78, 5) is 4.33. The normalized spacial score (nSPS) is 11.3. The Hall–Kier alpha value is -2.63. The average Bonchev–Trinajstić information content (AvgIpc) is 2.98. The van der Waals surface area contributed by atoms with E-state index in [0.29, 0.717) is 22.5 Å². The first-order valence-corrected chi connectivity index (χ1v) is 6.91. The van der Waals surface area contributed by atoms with Crippen LogP contribution in [0.5, 0.6) is 5.75 Å². The Morgan fingerprint density at radius 1 is 1.23 bits per heavy atom. The molecule has 0 radical (unpaired) electrons. The maximum atomic E-state index is 14.4. The van der Waals surface area contributed by atoms with E-state index in [9.17, 15) is 4.39 Å². The molecule has 0 saturated carbocycles. The van der Waals surface area contributed by atoms with Gasteiger partial charge in [0, 0.05) is 23.1 Å². The average molecular weight is 301 g/mol. The van der Waals surface area contributed by atoms with Crippen LogP contribution in [0, 0.1) is 5.82 Å². The van der Waals surface area contributed by atoms with Gasteiger partial charge in [-0.25, -0.2) is 9.37 Å².